The van der Waals surface area contributed by atoms with Gasteiger partial charge in [-0.2, -0.15) is 0 Å². The molecule has 0 saturated carbocycles. The molecule has 20 heavy (non-hydrogen) atoms. The van der Waals surface area contributed by atoms with E-state index in [4.69, 9.17) is 0 Å². The standard InChI is InChI=1S/C17H22N2O/c1-3-17(2)8-10-19(11-9-17)16(20)15-12-13-6-4-5-7-14(13)18-15/h4-7,12,18H,3,8-11H2,1-2H3. The van der Waals surface area contributed by atoms with E-state index in [2.05, 4.69) is 18.8 Å². The Morgan fingerprint density at radius 3 is 2.65 bits per heavy atom. The molecule has 1 aliphatic rings. The van der Waals surface area contributed by atoms with Crippen LogP contribution in [0.15, 0.2) is 30.3 Å². The summed E-state index contributed by atoms with van der Waals surface area (Å²) in [5.41, 5.74) is 2.16. The number of H-pyrrole nitrogens is 1. The van der Waals surface area contributed by atoms with Gasteiger partial charge in [0.2, 0.25) is 0 Å². The molecular formula is C17H22N2O. The first-order chi connectivity index (χ1) is 9.61. The van der Waals surface area contributed by atoms with Gasteiger partial charge in [0.25, 0.3) is 5.91 Å². The monoisotopic (exact) mass is 270 g/mol. The summed E-state index contributed by atoms with van der Waals surface area (Å²) in [5.74, 6) is 0.138. The van der Waals surface area contributed by atoms with Gasteiger partial charge in [-0.25, -0.2) is 0 Å². The highest BCUT2D eigenvalue weighted by Crippen LogP contribution is 2.34. The van der Waals surface area contributed by atoms with E-state index in [1.165, 1.54) is 6.42 Å². The maximum atomic E-state index is 12.6. The Labute approximate surface area is 120 Å². The van der Waals surface area contributed by atoms with E-state index in [1.807, 2.05) is 35.2 Å². The summed E-state index contributed by atoms with van der Waals surface area (Å²) in [4.78, 5) is 17.8. The molecule has 2 aromatic rings. The number of aromatic amines is 1. The van der Waals surface area contributed by atoms with Crippen LogP contribution in [0.3, 0.4) is 0 Å². The lowest BCUT2D eigenvalue weighted by Crippen LogP contribution is -2.42. The lowest BCUT2D eigenvalue weighted by molar-refractivity contribution is 0.0595. The lowest BCUT2D eigenvalue weighted by Gasteiger charge is -2.38. The molecule has 1 saturated heterocycles. The number of carbonyl (C=O) groups is 1. The zero-order chi connectivity index (χ0) is 14.2. The number of rotatable bonds is 2. The molecule has 3 heteroatoms. The molecule has 0 atom stereocenters. The zero-order valence-electron chi connectivity index (χ0n) is 12.3. The predicted octanol–water partition coefficient (Wildman–Crippen LogP) is 3.82. The van der Waals surface area contributed by atoms with Gasteiger partial charge in [0.05, 0.1) is 0 Å². The summed E-state index contributed by atoms with van der Waals surface area (Å²) >= 11 is 0. The van der Waals surface area contributed by atoms with E-state index in [1.54, 1.807) is 0 Å². The first-order valence-corrected chi connectivity index (χ1v) is 7.48. The Balaban J connectivity index is 1.76. The second kappa shape index (κ2) is 4.97. The fourth-order valence-electron chi connectivity index (χ4n) is 2.96. The van der Waals surface area contributed by atoms with Crippen LogP contribution in [-0.4, -0.2) is 28.9 Å². The molecular weight excluding hydrogens is 248 g/mol. The summed E-state index contributed by atoms with van der Waals surface area (Å²) in [6, 6.07) is 9.99. The predicted molar refractivity (Wildman–Crippen MR) is 81.8 cm³/mol. The second-order valence-corrected chi connectivity index (χ2v) is 6.23. The molecule has 0 radical (unpaired) electrons. The highest BCUT2D eigenvalue weighted by atomic mass is 16.2. The van der Waals surface area contributed by atoms with E-state index >= 15 is 0 Å². The Morgan fingerprint density at radius 2 is 2.00 bits per heavy atom. The van der Waals surface area contributed by atoms with E-state index < -0.39 is 0 Å². The molecule has 3 rings (SSSR count). The minimum absolute atomic E-state index is 0.138. The molecule has 0 bridgehead atoms. The number of para-hydroxylation sites is 1. The first kappa shape index (κ1) is 13.2. The van der Waals surface area contributed by atoms with Crippen LogP contribution in [0.4, 0.5) is 0 Å². The molecule has 1 N–H and O–H groups in total. The van der Waals surface area contributed by atoms with Crippen molar-refractivity contribution in [2.24, 2.45) is 5.41 Å². The van der Waals surface area contributed by atoms with Crippen molar-refractivity contribution in [3.05, 3.63) is 36.0 Å². The van der Waals surface area contributed by atoms with Gasteiger partial charge in [-0.3, -0.25) is 4.79 Å². The summed E-state index contributed by atoms with van der Waals surface area (Å²) in [5, 5.41) is 1.10. The van der Waals surface area contributed by atoms with Gasteiger partial charge in [0.1, 0.15) is 5.69 Å². The third kappa shape index (κ3) is 2.33. The molecule has 0 spiro atoms. The molecule has 106 valence electrons. The van der Waals surface area contributed by atoms with Crippen molar-refractivity contribution in [2.75, 3.05) is 13.1 Å². The van der Waals surface area contributed by atoms with Crippen LogP contribution < -0.4 is 0 Å². The number of aromatic nitrogens is 1. The number of fused-ring (bicyclic) bond motifs is 1. The van der Waals surface area contributed by atoms with E-state index in [9.17, 15) is 4.79 Å². The summed E-state index contributed by atoms with van der Waals surface area (Å²) in [7, 11) is 0. The van der Waals surface area contributed by atoms with Crippen molar-refractivity contribution >= 4 is 16.8 Å². The average molecular weight is 270 g/mol. The molecule has 1 amide bonds. The number of hydrogen-bond acceptors (Lipinski definition) is 1. The first-order valence-electron chi connectivity index (χ1n) is 7.48. The van der Waals surface area contributed by atoms with Crippen LogP contribution in [0.1, 0.15) is 43.6 Å². The average Bonchev–Trinajstić information content (AvgIpc) is 2.91. The third-order valence-corrected chi connectivity index (χ3v) is 4.87. The SMILES string of the molecule is CCC1(C)CCN(C(=O)c2cc3ccccc3[nH]2)CC1. The van der Waals surface area contributed by atoms with Gasteiger partial charge in [-0.1, -0.05) is 38.5 Å². The molecule has 1 fully saturated rings. The van der Waals surface area contributed by atoms with Crippen molar-refractivity contribution < 1.29 is 4.79 Å². The second-order valence-electron chi connectivity index (χ2n) is 6.23. The number of piperidine rings is 1. The number of nitrogens with zero attached hydrogens (tertiary/aromatic N) is 1. The van der Waals surface area contributed by atoms with Crippen molar-refractivity contribution in [3.8, 4) is 0 Å². The van der Waals surface area contributed by atoms with Crippen molar-refractivity contribution in [1.82, 2.24) is 9.88 Å². The van der Waals surface area contributed by atoms with Crippen LogP contribution in [-0.2, 0) is 0 Å². The fourth-order valence-corrected chi connectivity index (χ4v) is 2.96. The van der Waals surface area contributed by atoms with Gasteiger partial charge in [0.15, 0.2) is 0 Å². The van der Waals surface area contributed by atoms with Crippen LogP contribution in [0, 0.1) is 5.41 Å². The van der Waals surface area contributed by atoms with E-state index in [0.29, 0.717) is 11.1 Å². The van der Waals surface area contributed by atoms with E-state index in [0.717, 1.165) is 36.8 Å². The quantitative estimate of drug-likeness (QED) is 0.884. The van der Waals surface area contributed by atoms with Crippen LogP contribution >= 0.6 is 0 Å². The van der Waals surface area contributed by atoms with Crippen molar-refractivity contribution in [1.29, 1.82) is 0 Å². The minimum atomic E-state index is 0.138. The fraction of sp³-hybridized carbons (Fsp3) is 0.471. The molecule has 2 heterocycles. The van der Waals surface area contributed by atoms with Crippen molar-refractivity contribution in [2.45, 2.75) is 33.1 Å². The van der Waals surface area contributed by atoms with Crippen LogP contribution in [0.5, 0.6) is 0 Å². The largest absolute Gasteiger partial charge is 0.351 e. The minimum Gasteiger partial charge on any atom is -0.351 e. The van der Waals surface area contributed by atoms with Gasteiger partial charge in [-0.05, 0) is 30.4 Å². The van der Waals surface area contributed by atoms with Crippen LogP contribution in [0.2, 0.25) is 0 Å². The number of carbonyl (C=O) groups excluding carboxylic acids is 1. The van der Waals surface area contributed by atoms with Gasteiger partial charge >= 0.3 is 0 Å². The Kier molecular flexibility index (Phi) is 3.28. The smallest absolute Gasteiger partial charge is 0.270 e. The number of nitrogens with one attached hydrogen (secondary N) is 1. The van der Waals surface area contributed by atoms with Gasteiger partial charge < -0.3 is 9.88 Å². The molecule has 1 aromatic heterocycles. The Morgan fingerprint density at radius 1 is 1.30 bits per heavy atom. The van der Waals surface area contributed by atoms with Crippen molar-refractivity contribution in [3.63, 3.8) is 0 Å². The highest BCUT2D eigenvalue weighted by Gasteiger charge is 2.30. The summed E-state index contributed by atoms with van der Waals surface area (Å²) in [6.07, 6.45) is 3.41. The Bertz CT molecular complexity index is 588. The highest BCUT2D eigenvalue weighted by molar-refractivity contribution is 5.98. The molecule has 1 aromatic carbocycles. The van der Waals surface area contributed by atoms with Gasteiger partial charge in [-0.15, -0.1) is 0 Å². The van der Waals surface area contributed by atoms with Gasteiger partial charge in [0, 0.05) is 24.0 Å². The normalized spacial score (nSPS) is 18.4. The molecule has 0 aliphatic carbocycles. The zero-order valence-corrected chi connectivity index (χ0v) is 12.3. The molecule has 3 nitrogen and oxygen atoms in total. The lowest BCUT2D eigenvalue weighted by atomic mass is 9.78. The Hall–Kier alpha value is -1.77. The van der Waals surface area contributed by atoms with Crippen LogP contribution in [0.25, 0.3) is 10.9 Å². The molecule has 1 aliphatic heterocycles. The number of likely N-dealkylation sites (tertiary alicyclic amines) is 1. The number of amides is 1. The maximum absolute atomic E-state index is 12.6. The number of hydrogen-bond donors (Lipinski definition) is 1. The maximum Gasteiger partial charge on any atom is 0.270 e. The topological polar surface area (TPSA) is 36.1 Å². The number of benzene rings is 1. The summed E-state index contributed by atoms with van der Waals surface area (Å²) < 4.78 is 0. The van der Waals surface area contributed by atoms with E-state index in [-0.39, 0.29) is 5.91 Å². The summed E-state index contributed by atoms with van der Waals surface area (Å²) in [6.45, 7) is 6.32. The third-order valence-electron chi connectivity index (χ3n) is 4.87. The molecule has 0 unspecified atom stereocenters.